The lowest BCUT2D eigenvalue weighted by molar-refractivity contribution is 0.305. The topological polar surface area (TPSA) is 35.3 Å². The first-order valence-electron chi connectivity index (χ1n) is 10.4. The summed E-state index contributed by atoms with van der Waals surface area (Å²) in [5.74, 6) is 1.59. The zero-order valence-corrected chi connectivity index (χ0v) is 17.2. The van der Waals surface area contributed by atoms with Gasteiger partial charge in [0, 0.05) is 5.56 Å². The third-order valence-electron chi connectivity index (χ3n) is 5.13. The Morgan fingerprint density at radius 2 is 1.48 bits per heavy atom. The van der Waals surface area contributed by atoms with E-state index in [-0.39, 0.29) is 0 Å². The molecule has 3 nitrogen and oxygen atoms in total. The van der Waals surface area contributed by atoms with Crippen LogP contribution in [0.15, 0.2) is 71.1 Å². The molecule has 0 aliphatic carbocycles. The van der Waals surface area contributed by atoms with Gasteiger partial charge in [-0.2, -0.15) is 0 Å². The van der Waals surface area contributed by atoms with Crippen LogP contribution in [0.1, 0.15) is 38.2 Å². The van der Waals surface area contributed by atoms with Crippen molar-refractivity contribution in [3.8, 4) is 28.3 Å². The van der Waals surface area contributed by atoms with Crippen molar-refractivity contribution in [2.75, 3.05) is 6.61 Å². The van der Waals surface area contributed by atoms with Crippen molar-refractivity contribution in [2.45, 2.75) is 39.5 Å². The fourth-order valence-corrected chi connectivity index (χ4v) is 3.43. The number of oxazole rings is 1. The monoisotopic (exact) mass is 385 g/mol. The van der Waals surface area contributed by atoms with E-state index in [2.05, 4.69) is 55.2 Å². The Hall–Kier alpha value is -3.07. The van der Waals surface area contributed by atoms with Crippen molar-refractivity contribution in [1.82, 2.24) is 4.98 Å². The van der Waals surface area contributed by atoms with E-state index in [9.17, 15) is 0 Å². The summed E-state index contributed by atoms with van der Waals surface area (Å²) in [6.45, 7) is 5.07. The van der Waals surface area contributed by atoms with Gasteiger partial charge in [-0.15, -0.1) is 0 Å². The molecule has 29 heavy (non-hydrogen) atoms. The number of benzene rings is 3. The number of hydrogen-bond acceptors (Lipinski definition) is 3. The molecule has 0 spiro atoms. The summed E-state index contributed by atoms with van der Waals surface area (Å²) in [4.78, 5) is 4.62. The normalized spacial score (nSPS) is 11.1. The van der Waals surface area contributed by atoms with Gasteiger partial charge in [-0.05, 0) is 66.4 Å². The standard InChI is InChI=1S/C26H27NO2/c1-3-4-5-6-17-28-23-14-12-21(13-15-23)20-8-10-22(11-9-20)26-27-24-18-19(2)7-16-25(24)29-26/h7-16,18H,3-6,17H2,1-2H3. The molecule has 0 radical (unpaired) electrons. The molecule has 0 saturated carbocycles. The van der Waals surface area contributed by atoms with Crippen molar-refractivity contribution < 1.29 is 9.15 Å². The van der Waals surface area contributed by atoms with Crippen molar-refractivity contribution >= 4 is 11.1 Å². The second kappa shape index (κ2) is 8.95. The maximum absolute atomic E-state index is 5.90. The Morgan fingerprint density at radius 3 is 2.21 bits per heavy atom. The second-order valence-electron chi connectivity index (χ2n) is 7.50. The van der Waals surface area contributed by atoms with E-state index in [1.807, 2.05) is 30.3 Å². The summed E-state index contributed by atoms with van der Waals surface area (Å²) >= 11 is 0. The van der Waals surface area contributed by atoms with Crippen LogP contribution in [0.2, 0.25) is 0 Å². The van der Waals surface area contributed by atoms with Crippen LogP contribution in [0.5, 0.6) is 5.75 Å². The number of hydrogen-bond donors (Lipinski definition) is 0. The number of fused-ring (bicyclic) bond motifs is 1. The zero-order valence-electron chi connectivity index (χ0n) is 17.2. The van der Waals surface area contributed by atoms with E-state index < -0.39 is 0 Å². The molecule has 1 heterocycles. The minimum Gasteiger partial charge on any atom is -0.494 e. The van der Waals surface area contributed by atoms with E-state index in [1.54, 1.807) is 0 Å². The summed E-state index contributed by atoms with van der Waals surface area (Å²) in [7, 11) is 0. The van der Waals surface area contributed by atoms with E-state index >= 15 is 0 Å². The number of nitrogens with zero attached hydrogens (tertiary/aromatic N) is 1. The highest BCUT2D eigenvalue weighted by atomic mass is 16.5. The van der Waals surface area contributed by atoms with Gasteiger partial charge in [0.1, 0.15) is 11.3 Å². The number of rotatable bonds is 8. The molecule has 1 aromatic heterocycles. The van der Waals surface area contributed by atoms with Gasteiger partial charge in [0.2, 0.25) is 5.89 Å². The average molecular weight is 386 g/mol. The average Bonchev–Trinajstić information content (AvgIpc) is 3.17. The summed E-state index contributed by atoms with van der Waals surface area (Å²) in [6, 6.07) is 22.7. The van der Waals surface area contributed by atoms with Crippen LogP contribution in [-0.4, -0.2) is 11.6 Å². The Morgan fingerprint density at radius 1 is 0.793 bits per heavy atom. The maximum Gasteiger partial charge on any atom is 0.227 e. The highest BCUT2D eigenvalue weighted by Crippen LogP contribution is 2.28. The Balaban J connectivity index is 1.43. The molecule has 0 amide bonds. The Bertz CT molecular complexity index is 1060. The fraction of sp³-hybridized carbons (Fsp3) is 0.269. The van der Waals surface area contributed by atoms with Gasteiger partial charge in [-0.3, -0.25) is 0 Å². The van der Waals surface area contributed by atoms with Crippen molar-refractivity contribution in [1.29, 1.82) is 0 Å². The largest absolute Gasteiger partial charge is 0.494 e. The minimum atomic E-state index is 0.656. The molecule has 148 valence electrons. The summed E-state index contributed by atoms with van der Waals surface area (Å²) in [5, 5.41) is 0. The number of aryl methyl sites for hydroxylation is 1. The van der Waals surface area contributed by atoms with E-state index in [1.165, 1.54) is 30.4 Å². The second-order valence-corrected chi connectivity index (χ2v) is 7.50. The molecular formula is C26H27NO2. The highest BCUT2D eigenvalue weighted by Gasteiger charge is 2.09. The molecule has 3 heteroatoms. The lowest BCUT2D eigenvalue weighted by Crippen LogP contribution is -1.96. The van der Waals surface area contributed by atoms with E-state index in [4.69, 9.17) is 9.15 Å². The molecule has 0 aliphatic rings. The number of unbranched alkanes of at least 4 members (excludes halogenated alkanes) is 3. The molecule has 3 aromatic carbocycles. The van der Waals surface area contributed by atoms with Gasteiger partial charge in [0.15, 0.2) is 5.58 Å². The van der Waals surface area contributed by atoms with Gasteiger partial charge in [-0.25, -0.2) is 4.98 Å². The molecule has 4 rings (SSSR count). The highest BCUT2D eigenvalue weighted by molar-refractivity contribution is 5.77. The van der Waals surface area contributed by atoms with E-state index in [0.29, 0.717) is 5.89 Å². The zero-order chi connectivity index (χ0) is 20.1. The van der Waals surface area contributed by atoms with Gasteiger partial charge < -0.3 is 9.15 Å². The predicted octanol–water partition coefficient (Wildman–Crippen LogP) is 7.43. The summed E-state index contributed by atoms with van der Waals surface area (Å²) < 4.78 is 11.7. The van der Waals surface area contributed by atoms with Crippen LogP contribution >= 0.6 is 0 Å². The van der Waals surface area contributed by atoms with Crippen molar-refractivity contribution in [3.05, 3.63) is 72.3 Å². The molecule has 0 saturated heterocycles. The summed E-state index contributed by atoms with van der Waals surface area (Å²) in [5.41, 5.74) is 6.21. The lowest BCUT2D eigenvalue weighted by Gasteiger charge is -2.07. The van der Waals surface area contributed by atoms with Crippen LogP contribution in [-0.2, 0) is 0 Å². The number of ether oxygens (including phenoxy) is 1. The quantitative estimate of drug-likeness (QED) is 0.296. The van der Waals surface area contributed by atoms with Crippen molar-refractivity contribution in [2.24, 2.45) is 0 Å². The van der Waals surface area contributed by atoms with Gasteiger partial charge in [-0.1, -0.05) is 56.5 Å². The van der Waals surface area contributed by atoms with Crippen LogP contribution in [0.4, 0.5) is 0 Å². The van der Waals surface area contributed by atoms with Crippen LogP contribution in [0, 0.1) is 6.92 Å². The number of aromatic nitrogens is 1. The molecule has 0 fully saturated rings. The van der Waals surface area contributed by atoms with Gasteiger partial charge in [0.25, 0.3) is 0 Å². The first kappa shape index (κ1) is 19.3. The third-order valence-corrected chi connectivity index (χ3v) is 5.13. The van der Waals surface area contributed by atoms with Gasteiger partial charge in [0.05, 0.1) is 6.61 Å². The molecule has 0 unspecified atom stereocenters. The molecule has 0 bridgehead atoms. The minimum absolute atomic E-state index is 0.656. The SMILES string of the molecule is CCCCCCOc1ccc(-c2ccc(-c3nc4cc(C)ccc4o3)cc2)cc1. The summed E-state index contributed by atoms with van der Waals surface area (Å²) in [6.07, 6.45) is 4.88. The molecular weight excluding hydrogens is 358 g/mol. The molecule has 0 atom stereocenters. The molecule has 0 aliphatic heterocycles. The molecule has 0 N–H and O–H groups in total. The van der Waals surface area contributed by atoms with Gasteiger partial charge >= 0.3 is 0 Å². The fourth-order valence-electron chi connectivity index (χ4n) is 3.43. The van der Waals surface area contributed by atoms with Crippen LogP contribution in [0.25, 0.3) is 33.7 Å². The molecule has 4 aromatic rings. The van der Waals surface area contributed by atoms with Crippen LogP contribution in [0.3, 0.4) is 0 Å². The Labute approximate surface area is 172 Å². The maximum atomic E-state index is 5.90. The smallest absolute Gasteiger partial charge is 0.227 e. The van der Waals surface area contributed by atoms with Crippen molar-refractivity contribution in [3.63, 3.8) is 0 Å². The van der Waals surface area contributed by atoms with Crippen LogP contribution < -0.4 is 4.74 Å². The Kier molecular flexibility index (Phi) is 5.95. The first-order valence-corrected chi connectivity index (χ1v) is 10.4. The van der Waals surface area contributed by atoms with E-state index in [0.717, 1.165) is 41.0 Å². The third kappa shape index (κ3) is 4.68. The lowest BCUT2D eigenvalue weighted by atomic mass is 10.0. The first-order chi connectivity index (χ1) is 14.2. The predicted molar refractivity (Wildman–Crippen MR) is 119 cm³/mol.